The van der Waals surface area contributed by atoms with Crippen LogP contribution in [-0.2, 0) is 0 Å². The second-order valence-corrected chi connectivity index (χ2v) is 5.60. The average Bonchev–Trinajstić information content (AvgIpc) is 3.09. The van der Waals surface area contributed by atoms with Gasteiger partial charge in [0.1, 0.15) is 0 Å². The molecule has 1 N–H and O–H groups in total. The van der Waals surface area contributed by atoms with Crippen molar-refractivity contribution in [2.45, 2.75) is 51.1 Å². The highest BCUT2D eigenvalue weighted by Crippen LogP contribution is 2.26. The Morgan fingerprint density at radius 1 is 1.42 bits per heavy atom. The zero-order chi connectivity index (χ0) is 13.2. The van der Waals surface area contributed by atoms with Crippen LogP contribution in [0.15, 0.2) is 10.7 Å². The Hall–Kier alpha value is -1.36. The number of likely N-dealkylation sites (tertiary alicyclic amines) is 1. The standard InChI is InChI=1S/C14H21N3O2/c1-10-9-16-19-13(10)14(18)17-8-3-2-6-12(17)11-5-4-7-15-11/h9,11-12,15H,2-8H2,1H3. The molecule has 19 heavy (non-hydrogen) atoms. The van der Waals surface area contributed by atoms with Gasteiger partial charge in [0.15, 0.2) is 0 Å². The SMILES string of the molecule is Cc1cnoc1C(=O)N1CCCCC1C1CCCN1. The third kappa shape index (κ3) is 2.39. The minimum absolute atomic E-state index is 0.00778. The molecule has 1 aromatic rings. The smallest absolute Gasteiger partial charge is 0.293 e. The summed E-state index contributed by atoms with van der Waals surface area (Å²) in [6, 6.07) is 0.765. The van der Waals surface area contributed by atoms with Crippen molar-refractivity contribution in [1.82, 2.24) is 15.4 Å². The Bertz CT molecular complexity index is 451. The summed E-state index contributed by atoms with van der Waals surface area (Å²) in [5.74, 6) is 0.415. The molecule has 2 aliphatic heterocycles. The Kier molecular flexibility index (Phi) is 3.55. The highest BCUT2D eigenvalue weighted by Gasteiger charge is 2.36. The lowest BCUT2D eigenvalue weighted by molar-refractivity contribution is 0.0521. The van der Waals surface area contributed by atoms with E-state index >= 15 is 0 Å². The Morgan fingerprint density at radius 3 is 3.00 bits per heavy atom. The summed E-state index contributed by atoms with van der Waals surface area (Å²) in [7, 11) is 0. The van der Waals surface area contributed by atoms with Crippen LogP contribution in [0, 0.1) is 6.92 Å². The first-order valence-corrected chi connectivity index (χ1v) is 7.23. The van der Waals surface area contributed by atoms with Gasteiger partial charge in [-0.2, -0.15) is 0 Å². The van der Waals surface area contributed by atoms with E-state index in [1.807, 2.05) is 11.8 Å². The van der Waals surface area contributed by atoms with Crippen molar-refractivity contribution in [2.75, 3.05) is 13.1 Å². The summed E-state index contributed by atoms with van der Waals surface area (Å²) in [4.78, 5) is 14.6. The summed E-state index contributed by atoms with van der Waals surface area (Å²) in [6.45, 7) is 3.78. The maximum Gasteiger partial charge on any atom is 0.293 e. The van der Waals surface area contributed by atoms with Crippen molar-refractivity contribution in [2.24, 2.45) is 0 Å². The van der Waals surface area contributed by atoms with Crippen molar-refractivity contribution in [3.63, 3.8) is 0 Å². The number of aryl methyl sites for hydroxylation is 1. The molecule has 0 saturated carbocycles. The van der Waals surface area contributed by atoms with Crippen molar-refractivity contribution < 1.29 is 9.32 Å². The Morgan fingerprint density at radius 2 is 2.32 bits per heavy atom. The maximum absolute atomic E-state index is 12.6. The van der Waals surface area contributed by atoms with E-state index in [9.17, 15) is 4.79 Å². The van der Waals surface area contributed by atoms with E-state index < -0.39 is 0 Å². The molecule has 0 aromatic carbocycles. The minimum atomic E-state index is 0.00778. The van der Waals surface area contributed by atoms with Gasteiger partial charge in [0.2, 0.25) is 5.76 Å². The molecule has 5 nitrogen and oxygen atoms in total. The van der Waals surface area contributed by atoms with E-state index in [-0.39, 0.29) is 5.91 Å². The second-order valence-electron chi connectivity index (χ2n) is 5.60. The van der Waals surface area contributed by atoms with Gasteiger partial charge in [0.05, 0.1) is 6.20 Å². The Balaban J connectivity index is 1.80. The summed E-state index contributed by atoms with van der Waals surface area (Å²) in [6.07, 6.45) is 7.38. The number of nitrogens with zero attached hydrogens (tertiary/aromatic N) is 2. The average molecular weight is 263 g/mol. The number of hydrogen-bond donors (Lipinski definition) is 1. The molecule has 2 unspecified atom stereocenters. The van der Waals surface area contributed by atoms with Gasteiger partial charge >= 0.3 is 0 Å². The summed E-state index contributed by atoms with van der Waals surface area (Å²) >= 11 is 0. The van der Waals surface area contributed by atoms with Gasteiger partial charge < -0.3 is 14.7 Å². The first kappa shape index (κ1) is 12.7. The quantitative estimate of drug-likeness (QED) is 0.883. The van der Waals surface area contributed by atoms with Crippen molar-refractivity contribution in [1.29, 1.82) is 0 Å². The van der Waals surface area contributed by atoms with Crippen LogP contribution < -0.4 is 5.32 Å². The van der Waals surface area contributed by atoms with Crippen LogP contribution in [0.5, 0.6) is 0 Å². The van der Waals surface area contributed by atoms with Crippen molar-refractivity contribution in [3.8, 4) is 0 Å². The van der Waals surface area contributed by atoms with Crippen LogP contribution in [-0.4, -0.2) is 41.1 Å². The molecule has 0 radical (unpaired) electrons. The third-order valence-electron chi connectivity index (χ3n) is 4.32. The van der Waals surface area contributed by atoms with E-state index in [1.54, 1.807) is 6.20 Å². The van der Waals surface area contributed by atoms with E-state index in [0.717, 1.165) is 31.5 Å². The molecular weight excluding hydrogens is 242 g/mol. The normalized spacial score (nSPS) is 27.7. The molecule has 5 heteroatoms. The Labute approximate surface area is 113 Å². The minimum Gasteiger partial charge on any atom is -0.351 e. The zero-order valence-corrected chi connectivity index (χ0v) is 11.4. The first-order valence-electron chi connectivity index (χ1n) is 7.23. The molecule has 1 amide bonds. The molecule has 2 atom stereocenters. The number of hydrogen-bond acceptors (Lipinski definition) is 4. The lowest BCUT2D eigenvalue weighted by Gasteiger charge is -2.38. The molecule has 3 rings (SSSR count). The van der Waals surface area contributed by atoms with Gasteiger partial charge in [0, 0.05) is 24.2 Å². The number of nitrogens with one attached hydrogen (secondary N) is 1. The first-order chi connectivity index (χ1) is 9.27. The molecule has 0 bridgehead atoms. The van der Waals surface area contributed by atoms with Crippen LogP contribution in [0.2, 0.25) is 0 Å². The molecule has 2 aliphatic rings. The predicted octanol–water partition coefficient (Wildman–Crippen LogP) is 1.73. The number of rotatable bonds is 2. The number of piperidine rings is 1. The fourth-order valence-corrected chi connectivity index (χ4v) is 3.29. The number of aromatic nitrogens is 1. The summed E-state index contributed by atoms with van der Waals surface area (Å²) < 4.78 is 5.13. The molecule has 0 aliphatic carbocycles. The van der Waals surface area contributed by atoms with Gasteiger partial charge in [-0.25, -0.2) is 0 Å². The zero-order valence-electron chi connectivity index (χ0n) is 11.4. The summed E-state index contributed by atoms with van der Waals surface area (Å²) in [5, 5.41) is 7.25. The molecular formula is C14H21N3O2. The summed E-state index contributed by atoms with van der Waals surface area (Å²) in [5.41, 5.74) is 0.828. The molecule has 2 fully saturated rings. The van der Waals surface area contributed by atoms with Crippen LogP contribution in [0.25, 0.3) is 0 Å². The van der Waals surface area contributed by atoms with Crippen LogP contribution in [0.3, 0.4) is 0 Å². The fourth-order valence-electron chi connectivity index (χ4n) is 3.29. The lowest BCUT2D eigenvalue weighted by atomic mass is 9.94. The molecule has 2 saturated heterocycles. The van der Waals surface area contributed by atoms with Gasteiger partial charge in [-0.05, 0) is 45.6 Å². The second kappa shape index (κ2) is 5.33. The van der Waals surface area contributed by atoms with E-state index in [4.69, 9.17) is 4.52 Å². The van der Waals surface area contributed by atoms with Gasteiger partial charge in [-0.3, -0.25) is 4.79 Å². The lowest BCUT2D eigenvalue weighted by Crippen LogP contribution is -2.52. The number of amides is 1. The highest BCUT2D eigenvalue weighted by atomic mass is 16.5. The van der Waals surface area contributed by atoms with Crippen LogP contribution in [0.4, 0.5) is 0 Å². The van der Waals surface area contributed by atoms with E-state index in [0.29, 0.717) is 17.8 Å². The number of carbonyl (C=O) groups is 1. The van der Waals surface area contributed by atoms with E-state index in [1.165, 1.54) is 19.3 Å². The third-order valence-corrected chi connectivity index (χ3v) is 4.32. The molecule has 3 heterocycles. The van der Waals surface area contributed by atoms with Crippen molar-refractivity contribution in [3.05, 3.63) is 17.5 Å². The molecule has 104 valence electrons. The van der Waals surface area contributed by atoms with Gasteiger partial charge in [0.25, 0.3) is 5.91 Å². The van der Waals surface area contributed by atoms with Crippen molar-refractivity contribution >= 4 is 5.91 Å². The van der Waals surface area contributed by atoms with Gasteiger partial charge in [-0.1, -0.05) is 5.16 Å². The highest BCUT2D eigenvalue weighted by molar-refractivity contribution is 5.93. The molecule has 0 spiro atoms. The number of carbonyl (C=O) groups excluding carboxylic acids is 1. The van der Waals surface area contributed by atoms with Crippen LogP contribution in [0.1, 0.15) is 48.2 Å². The topological polar surface area (TPSA) is 58.4 Å². The fraction of sp³-hybridized carbons (Fsp3) is 0.714. The maximum atomic E-state index is 12.6. The largest absolute Gasteiger partial charge is 0.351 e. The van der Waals surface area contributed by atoms with Gasteiger partial charge in [-0.15, -0.1) is 0 Å². The monoisotopic (exact) mass is 263 g/mol. The molecule has 1 aromatic heterocycles. The van der Waals surface area contributed by atoms with Crippen LogP contribution >= 0.6 is 0 Å². The van der Waals surface area contributed by atoms with E-state index in [2.05, 4.69) is 10.5 Å². The predicted molar refractivity (Wildman–Crippen MR) is 70.9 cm³/mol.